The molecule has 1 amide bonds. The van der Waals surface area contributed by atoms with Gasteiger partial charge in [-0.25, -0.2) is 0 Å². The number of likely N-dealkylation sites (N-methyl/N-ethyl adjacent to an activating group) is 1. The molecule has 0 aromatic carbocycles. The van der Waals surface area contributed by atoms with Crippen molar-refractivity contribution in [3.05, 3.63) is 0 Å². The molecule has 3 atom stereocenters. The SMILES string of the molecule is CCN(CC)C1CCN(C2CCC(N)(C(N)=O)C2)C1. The van der Waals surface area contributed by atoms with Gasteiger partial charge in [-0.1, -0.05) is 13.8 Å². The minimum Gasteiger partial charge on any atom is -0.368 e. The maximum Gasteiger partial charge on any atom is 0.237 e. The maximum absolute atomic E-state index is 11.4. The molecule has 1 saturated carbocycles. The summed E-state index contributed by atoms with van der Waals surface area (Å²) in [4.78, 5) is 16.5. The molecule has 1 aliphatic carbocycles. The maximum atomic E-state index is 11.4. The van der Waals surface area contributed by atoms with E-state index >= 15 is 0 Å². The molecule has 0 bridgehead atoms. The van der Waals surface area contributed by atoms with Gasteiger partial charge >= 0.3 is 0 Å². The van der Waals surface area contributed by atoms with E-state index in [9.17, 15) is 4.79 Å². The first-order valence-electron chi connectivity index (χ1n) is 7.57. The number of nitrogens with two attached hydrogens (primary N) is 2. The second-order valence-corrected chi connectivity index (χ2v) is 6.08. The number of carbonyl (C=O) groups is 1. The van der Waals surface area contributed by atoms with Crippen molar-refractivity contribution in [2.45, 2.75) is 57.2 Å². The molecular weight excluding hydrogens is 240 g/mol. The van der Waals surface area contributed by atoms with Crippen molar-refractivity contribution in [3.63, 3.8) is 0 Å². The Balaban J connectivity index is 1.90. The summed E-state index contributed by atoms with van der Waals surface area (Å²) >= 11 is 0. The van der Waals surface area contributed by atoms with Crippen molar-refractivity contribution >= 4 is 5.91 Å². The molecule has 3 unspecified atom stereocenters. The lowest BCUT2D eigenvalue weighted by Crippen LogP contribution is -2.51. The molecule has 1 heterocycles. The van der Waals surface area contributed by atoms with E-state index in [1.165, 1.54) is 6.42 Å². The molecule has 2 rings (SSSR count). The van der Waals surface area contributed by atoms with Crippen molar-refractivity contribution in [1.29, 1.82) is 0 Å². The fourth-order valence-corrected chi connectivity index (χ4v) is 3.72. The van der Waals surface area contributed by atoms with Crippen LogP contribution < -0.4 is 11.5 Å². The number of rotatable bonds is 5. The Labute approximate surface area is 116 Å². The summed E-state index contributed by atoms with van der Waals surface area (Å²) in [5.41, 5.74) is 10.7. The molecule has 19 heavy (non-hydrogen) atoms. The number of likely N-dealkylation sites (tertiary alicyclic amines) is 1. The van der Waals surface area contributed by atoms with Crippen molar-refractivity contribution in [2.24, 2.45) is 11.5 Å². The summed E-state index contributed by atoms with van der Waals surface area (Å²) in [5, 5.41) is 0. The fraction of sp³-hybridized carbons (Fsp3) is 0.929. The Bertz CT molecular complexity index is 331. The zero-order valence-corrected chi connectivity index (χ0v) is 12.3. The third kappa shape index (κ3) is 2.93. The molecule has 0 aromatic heterocycles. The van der Waals surface area contributed by atoms with Crippen LogP contribution in [0.5, 0.6) is 0 Å². The number of primary amides is 1. The van der Waals surface area contributed by atoms with Gasteiger partial charge < -0.3 is 11.5 Å². The van der Waals surface area contributed by atoms with Crippen LogP contribution in [0.15, 0.2) is 0 Å². The van der Waals surface area contributed by atoms with Crippen LogP contribution in [0.3, 0.4) is 0 Å². The molecule has 0 spiro atoms. The molecule has 0 radical (unpaired) electrons. The van der Waals surface area contributed by atoms with Crippen LogP contribution in [0.4, 0.5) is 0 Å². The normalized spacial score (nSPS) is 36.2. The summed E-state index contributed by atoms with van der Waals surface area (Å²) in [6.45, 7) is 8.91. The number of nitrogens with zero attached hydrogens (tertiary/aromatic N) is 2. The molecule has 110 valence electrons. The predicted molar refractivity (Wildman–Crippen MR) is 76.7 cm³/mol. The first-order chi connectivity index (χ1) is 9.00. The monoisotopic (exact) mass is 268 g/mol. The van der Waals surface area contributed by atoms with E-state index < -0.39 is 5.54 Å². The Morgan fingerprint density at radius 3 is 2.58 bits per heavy atom. The Morgan fingerprint density at radius 2 is 2.05 bits per heavy atom. The van der Waals surface area contributed by atoms with E-state index in [2.05, 4.69) is 23.6 Å². The van der Waals surface area contributed by atoms with Crippen LogP contribution in [-0.4, -0.2) is 59.5 Å². The van der Waals surface area contributed by atoms with E-state index in [1.54, 1.807) is 0 Å². The molecule has 4 N–H and O–H groups in total. The molecule has 2 aliphatic rings. The van der Waals surface area contributed by atoms with Gasteiger partial charge in [0.05, 0.1) is 5.54 Å². The van der Waals surface area contributed by atoms with Gasteiger partial charge in [0, 0.05) is 25.2 Å². The average molecular weight is 268 g/mol. The van der Waals surface area contributed by atoms with E-state index in [0.29, 0.717) is 12.1 Å². The van der Waals surface area contributed by atoms with Gasteiger partial charge in [0.25, 0.3) is 0 Å². The summed E-state index contributed by atoms with van der Waals surface area (Å²) < 4.78 is 0. The summed E-state index contributed by atoms with van der Waals surface area (Å²) in [6, 6.07) is 1.11. The highest BCUT2D eigenvalue weighted by Crippen LogP contribution is 2.33. The third-order valence-corrected chi connectivity index (χ3v) is 5.05. The highest BCUT2D eigenvalue weighted by molar-refractivity contribution is 5.84. The summed E-state index contributed by atoms with van der Waals surface area (Å²) in [7, 11) is 0. The van der Waals surface area contributed by atoms with E-state index in [4.69, 9.17) is 11.5 Å². The van der Waals surface area contributed by atoms with Gasteiger partial charge in [-0.05, 0) is 38.8 Å². The topological polar surface area (TPSA) is 75.6 Å². The first-order valence-corrected chi connectivity index (χ1v) is 7.57. The average Bonchev–Trinajstić information content (AvgIpc) is 2.98. The van der Waals surface area contributed by atoms with Crippen LogP contribution in [0.1, 0.15) is 39.5 Å². The van der Waals surface area contributed by atoms with E-state index in [-0.39, 0.29) is 5.91 Å². The van der Waals surface area contributed by atoms with Crippen LogP contribution >= 0.6 is 0 Å². The molecule has 2 fully saturated rings. The van der Waals surface area contributed by atoms with E-state index in [1.807, 2.05) is 0 Å². The highest BCUT2D eigenvalue weighted by Gasteiger charge is 2.44. The number of hydrogen-bond acceptors (Lipinski definition) is 4. The molecule has 5 heteroatoms. The van der Waals surface area contributed by atoms with Gasteiger partial charge in [0.15, 0.2) is 0 Å². The molecule has 5 nitrogen and oxygen atoms in total. The van der Waals surface area contributed by atoms with Gasteiger partial charge in [-0.2, -0.15) is 0 Å². The second-order valence-electron chi connectivity index (χ2n) is 6.08. The minimum absolute atomic E-state index is 0.338. The van der Waals surface area contributed by atoms with Crippen molar-refractivity contribution in [1.82, 2.24) is 9.80 Å². The lowest BCUT2D eigenvalue weighted by Gasteiger charge is -2.29. The minimum atomic E-state index is -0.766. The van der Waals surface area contributed by atoms with Crippen LogP contribution in [-0.2, 0) is 4.79 Å². The standard InChI is InChI=1S/C14H28N4O/c1-3-17(4-2)12-6-8-18(10-12)11-5-7-14(16,9-11)13(15)19/h11-12H,3-10,16H2,1-2H3,(H2,15,19). The lowest BCUT2D eigenvalue weighted by atomic mass is 9.98. The number of carbonyl (C=O) groups excluding carboxylic acids is 1. The van der Waals surface area contributed by atoms with Crippen LogP contribution in [0.25, 0.3) is 0 Å². The molecule has 0 aromatic rings. The number of hydrogen-bond donors (Lipinski definition) is 2. The van der Waals surface area contributed by atoms with Gasteiger partial charge in [0.1, 0.15) is 0 Å². The zero-order valence-electron chi connectivity index (χ0n) is 12.3. The lowest BCUT2D eigenvalue weighted by molar-refractivity contribution is -0.123. The van der Waals surface area contributed by atoms with Crippen LogP contribution in [0.2, 0.25) is 0 Å². The van der Waals surface area contributed by atoms with Crippen molar-refractivity contribution < 1.29 is 4.79 Å². The van der Waals surface area contributed by atoms with Crippen molar-refractivity contribution in [3.8, 4) is 0 Å². The smallest absolute Gasteiger partial charge is 0.237 e. The highest BCUT2D eigenvalue weighted by atomic mass is 16.1. The summed E-state index contributed by atoms with van der Waals surface area (Å²) in [5.74, 6) is -0.338. The Kier molecular flexibility index (Phi) is 4.48. The Morgan fingerprint density at radius 1 is 1.37 bits per heavy atom. The zero-order chi connectivity index (χ0) is 14.0. The van der Waals surface area contributed by atoms with Crippen molar-refractivity contribution in [2.75, 3.05) is 26.2 Å². The quantitative estimate of drug-likeness (QED) is 0.743. The van der Waals surface area contributed by atoms with Gasteiger partial charge in [-0.3, -0.25) is 14.6 Å². The van der Waals surface area contributed by atoms with Gasteiger partial charge in [-0.15, -0.1) is 0 Å². The van der Waals surface area contributed by atoms with Gasteiger partial charge in [0.2, 0.25) is 5.91 Å². The predicted octanol–water partition coefficient (Wildman–Crippen LogP) is 0.138. The Hall–Kier alpha value is -0.650. The van der Waals surface area contributed by atoms with E-state index in [0.717, 1.165) is 45.4 Å². The number of amides is 1. The molecule has 1 saturated heterocycles. The van der Waals surface area contributed by atoms with Crippen LogP contribution in [0, 0.1) is 0 Å². The molecular formula is C14H28N4O. The molecule has 1 aliphatic heterocycles. The fourth-order valence-electron chi connectivity index (χ4n) is 3.72. The largest absolute Gasteiger partial charge is 0.368 e. The summed E-state index contributed by atoms with van der Waals surface area (Å²) in [6.07, 6.45) is 3.70. The second kappa shape index (κ2) is 5.77. The third-order valence-electron chi connectivity index (χ3n) is 5.05. The first kappa shape index (κ1) is 14.8.